The van der Waals surface area contributed by atoms with Gasteiger partial charge in [-0.25, -0.2) is 0 Å². The number of benzene rings is 1. The molecule has 18 heavy (non-hydrogen) atoms. The maximum absolute atomic E-state index is 3.51. The van der Waals surface area contributed by atoms with E-state index in [1.165, 1.54) is 11.1 Å². The number of hydrogen-bond donors (Lipinski definition) is 2. The molecule has 0 atom stereocenters. The summed E-state index contributed by atoms with van der Waals surface area (Å²) in [6.45, 7) is 13.1. The summed E-state index contributed by atoms with van der Waals surface area (Å²) in [5.41, 5.74) is 2.82. The molecule has 102 valence electrons. The summed E-state index contributed by atoms with van der Waals surface area (Å²) in [5.74, 6) is 1.41. The lowest BCUT2D eigenvalue weighted by Gasteiger charge is -2.13. The summed E-state index contributed by atoms with van der Waals surface area (Å²) in [6.07, 6.45) is 0. The van der Waals surface area contributed by atoms with Crippen LogP contribution in [0, 0.1) is 11.8 Å². The Morgan fingerprint density at radius 1 is 0.778 bits per heavy atom. The highest BCUT2D eigenvalue weighted by Crippen LogP contribution is 2.08. The Bertz CT molecular complexity index is 299. The third-order valence-electron chi connectivity index (χ3n) is 2.85. The summed E-state index contributed by atoms with van der Waals surface area (Å²) >= 11 is 0. The van der Waals surface area contributed by atoms with E-state index in [4.69, 9.17) is 0 Å². The van der Waals surface area contributed by atoms with Crippen molar-refractivity contribution in [3.05, 3.63) is 35.4 Å². The molecule has 0 spiro atoms. The zero-order chi connectivity index (χ0) is 13.4. The van der Waals surface area contributed by atoms with Crippen LogP contribution in [0.15, 0.2) is 24.3 Å². The molecule has 0 saturated carbocycles. The van der Waals surface area contributed by atoms with E-state index < -0.39 is 0 Å². The highest BCUT2D eigenvalue weighted by Gasteiger charge is 2.02. The number of rotatable bonds is 8. The van der Waals surface area contributed by atoms with Crippen LogP contribution in [-0.4, -0.2) is 13.1 Å². The van der Waals surface area contributed by atoms with Crippen molar-refractivity contribution >= 4 is 0 Å². The Kier molecular flexibility index (Phi) is 6.99. The van der Waals surface area contributed by atoms with Gasteiger partial charge in [0.15, 0.2) is 0 Å². The Morgan fingerprint density at radius 2 is 1.17 bits per heavy atom. The molecule has 0 aromatic heterocycles. The monoisotopic (exact) mass is 248 g/mol. The number of hydrogen-bond acceptors (Lipinski definition) is 2. The third-order valence-corrected chi connectivity index (χ3v) is 2.85. The van der Waals surface area contributed by atoms with Crippen molar-refractivity contribution in [2.75, 3.05) is 13.1 Å². The Hall–Kier alpha value is -0.860. The predicted molar refractivity (Wildman–Crippen MR) is 79.5 cm³/mol. The van der Waals surface area contributed by atoms with Crippen molar-refractivity contribution in [3.63, 3.8) is 0 Å². The molecule has 2 heteroatoms. The standard InChI is InChI=1S/C16H28N2/c1-13(2)9-17-11-15-7-5-6-8-16(15)12-18-10-14(3)4/h5-8,13-14,17-18H,9-12H2,1-4H3. The molecule has 0 bridgehead atoms. The van der Waals surface area contributed by atoms with E-state index in [0.717, 1.165) is 26.2 Å². The first-order valence-corrected chi connectivity index (χ1v) is 7.07. The average molecular weight is 248 g/mol. The van der Waals surface area contributed by atoms with Crippen molar-refractivity contribution in [2.45, 2.75) is 40.8 Å². The first-order valence-electron chi connectivity index (χ1n) is 7.07. The van der Waals surface area contributed by atoms with Gasteiger partial charge in [0.25, 0.3) is 0 Å². The summed E-state index contributed by atoms with van der Waals surface area (Å²) < 4.78 is 0. The normalized spacial score (nSPS) is 11.4. The minimum absolute atomic E-state index is 0.705. The van der Waals surface area contributed by atoms with Crippen LogP contribution in [0.2, 0.25) is 0 Å². The van der Waals surface area contributed by atoms with E-state index in [9.17, 15) is 0 Å². The molecule has 1 aromatic rings. The molecular weight excluding hydrogens is 220 g/mol. The van der Waals surface area contributed by atoms with Crippen LogP contribution in [0.5, 0.6) is 0 Å². The molecule has 0 radical (unpaired) electrons. The molecule has 2 N–H and O–H groups in total. The van der Waals surface area contributed by atoms with E-state index in [-0.39, 0.29) is 0 Å². The molecule has 0 amide bonds. The second-order valence-corrected chi connectivity index (χ2v) is 5.82. The smallest absolute Gasteiger partial charge is 0.0208 e. The SMILES string of the molecule is CC(C)CNCc1ccccc1CNCC(C)C. The Morgan fingerprint density at radius 3 is 1.50 bits per heavy atom. The van der Waals surface area contributed by atoms with E-state index in [0.29, 0.717) is 11.8 Å². The van der Waals surface area contributed by atoms with Gasteiger partial charge in [-0.3, -0.25) is 0 Å². The van der Waals surface area contributed by atoms with Crippen molar-refractivity contribution in [1.29, 1.82) is 0 Å². The van der Waals surface area contributed by atoms with Gasteiger partial charge in [-0.1, -0.05) is 52.0 Å². The fraction of sp³-hybridized carbons (Fsp3) is 0.625. The molecule has 0 aliphatic rings. The second-order valence-electron chi connectivity index (χ2n) is 5.82. The van der Waals surface area contributed by atoms with Crippen LogP contribution in [0.1, 0.15) is 38.8 Å². The van der Waals surface area contributed by atoms with Gasteiger partial charge in [0.05, 0.1) is 0 Å². The third kappa shape index (κ3) is 6.18. The minimum atomic E-state index is 0.705. The van der Waals surface area contributed by atoms with E-state index in [1.807, 2.05) is 0 Å². The zero-order valence-electron chi connectivity index (χ0n) is 12.3. The molecule has 0 unspecified atom stereocenters. The fourth-order valence-corrected chi connectivity index (χ4v) is 1.89. The average Bonchev–Trinajstić information content (AvgIpc) is 2.30. The first-order chi connectivity index (χ1) is 8.59. The van der Waals surface area contributed by atoms with Gasteiger partial charge in [-0.2, -0.15) is 0 Å². The molecule has 2 nitrogen and oxygen atoms in total. The molecule has 0 heterocycles. The van der Waals surface area contributed by atoms with Crippen molar-refractivity contribution in [3.8, 4) is 0 Å². The highest BCUT2D eigenvalue weighted by atomic mass is 14.9. The van der Waals surface area contributed by atoms with Crippen LogP contribution in [-0.2, 0) is 13.1 Å². The zero-order valence-corrected chi connectivity index (χ0v) is 12.3. The summed E-state index contributed by atoms with van der Waals surface area (Å²) in [5, 5.41) is 7.03. The second kappa shape index (κ2) is 8.28. The van der Waals surface area contributed by atoms with Gasteiger partial charge in [-0.15, -0.1) is 0 Å². The summed E-state index contributed by atoms with van der Waals surface area (Å²) in [4.78, 5) is 0. The number of nitrogens with one attached hydrogen (secondary N) is 2. The van der Waals surface area contributed by atoms with Crippen LogP contribution in [0.25, 0.3) is 0 Å². The van der Waals surface area contributed by atoms with Crippen LogP contribution in [0.3, 0.4) is 0 Å². The lowest BCUT2D eigenvalue weighted by atomic mass is 10.1. The molecular formula is C16H28N2. The lowest BCUT2D eigenvalue weighted by molar-refractivity contribution is 0.539. The highest BCUT2D eigenvalue weighted by molar-refractivity contribution is 5.26. The quantitative estimate of drug-likeness (QED) is 0.738. The van der Waals surface area contributed by atoms with Crippen LogP contribution in [0.4, 0.5) is 0 Å². The van der Waals surface area contributed by atoms with Crippen LogP contribution >= 0.6 is 0 Å². The Balaban J connectivity index is 2.45. The lowest BCUT2D eigenvalue weighted by Crippen LogP contribution is -2.22. The largest absolute Gasteiger partial charge is 0.312 e. The van der Waals surface area contributed by atoms with Gasteiger partial charge in [0, 0.05) is 13.1 Å². The molecule has 0 aliphatic heterocycles. The van der Waals surface area contributed by atoms with Gasteiger partial charge >= 0.3 is 0 Å². The van der Waals surface area contributed by atoms with E-state index >= 15 is 0 Å². The molecule has 1 rings (SSSR count). The van der Waals surface area contributed by atoms with Gasteiger partial charge in [-0.05, 0) is 36.1 Å². The Labute approximate surface area is 112 Å². The fourth-order valence-electron chi connectivity index (χ4n) is 1.89. The topological polar surface area (TPSA) is 24.1 Å². The molecule has 1 aromatic carbocycles. The first kappa shape index (κ1) is 15.2. The summed E-state index contributed by atoms with van der Waals surface area (Å²) in [6, 6.07) is 8.69. The van der Waals surface area contributed by atoms with Gasteiger partial charge in [0.1, 0.15) is 0 Å². The molecule has 0 aliphatic carbocycles. The van der Waals surface area contributed by atoms with Gasteiger partial charge < -0.3 is 10.6 Å². The minimum Gasteiger partial charge on any atom is -0.312 e. The van der Waals surface area contributed by atoms with E-state index in [1.54, 1.807) is 0 Å². The maximum Gasteiger partial charge on any atom is 0.0208 e. The van der Waals surface area contributed by atoms with Crippen LogP contribution < -0.4 is 10.6 Å². The van der Waals surface area contributed by atoms with Gasteiger partial charge in [0.2, 0.25) is 0 Å². The van der Waals surface area contributed by atoms with Crippen molar-refractivity contribution in [2.24, 2.45) is 11.8 Å². The van der Waals surface area contributed by atoms with Crippen molar-refractivity contribution < 1.29 is 0 Å². The summed E-state index contributed by atoms with van der Waals surface area (Å²) in [7, 11) is 0. The molecule has 0 saturated heterocycles. The predicted octanol–water partition coefficient (Wildman–Crippen LogP) is 3.18. The van der Waals surface area contributed by atoms with E-state index in [2.05, 4.69) is 62.6 Å². The maximum atomic E-state index is 3.51. The van der Waals surface area contributed by atoms with Crippen molar-refractivity contribution in [1.82, 2.24) is 10.6 Å². The molecule has 0 fully saturated rings.